The summed E-state index contributed by atoms with van der Waals surface area (Å²) in [4.78, 5) is 11.9. The molecule has 0 unspecified atom stereocenters. The number of Topliss-reactive ketones (excluding diaryl/α,β-unsaturated/α-hetero) is 1. The molecule has 1 aromatic carbocycles. The number of carbonyl (C=O) groups excluding carboxylic acids is 1. The van der Waals surface area contributed by atoms with Crippen molar-refractivity contribution in [2.24, 2.45) is 0 Å². The molecule has 0 saturated carbocycles. The van der Waals surface area contributed by atoms with Gasteiger partial charge in [0.25, 0.3) is 0 Å². The van der Waals surface area contributed by atoms with E-state index in [1.807, 2.05) is 19.1 Å². The van der Waals surface area contributed by atoms with Crippen molar-refractivity contribution in [3.8, 4) is 5.75 Å². The van der Waals surface area contributed by atoms with Gasteiger partial charge in [-0.05, 0) is 43.3 Å². The van der Waals surface area contributed by atoms with Crippen molar-refractivity contribution in [2.45, 2.75) is 13.3 Å². The quantitative estimate of drug-likeness (QED) is 0.758. The number of furan rings is 1. The summed E-state index contributed by atoms with van der Waals surface area (Å²) >= 11 is 0. The van der Waals surface area contributed by atoms with Gasteiger partial charge in [-0.1, -0.05) is 0 Å². The topological polar surface area (TPSA) is 39.4 Å². The largest absolute Gasteiger partial charge is 0.497 e. The van der Waals surface area contributed by atoms with E-state index in [4.69, 9.17) is 9.15 Å². The molecule has 1 aromatic heterocycles. The van der Waals surface area contributed by atoms with E-state index in [-0.39, 0.29) is 5.78 Å². The van der Waals surface area contributed by atoms with E-state index in [2.05, 4.69) is 0 Å². The van der Waals surface area contributed by atoms with Crippen molar-refractivity contribution in [3.05, 3.63) is 53.5 Å². The summed E-state index contributed by atoms with van der Waals surface area (Å²) in [5.74, 6) is 2.31. The van der Waals surface area contributed by atoms with Crippen LogP contribution in [0.15, 0.2) is 40.8 Å². The van der Waals surface area contributed by atoms with Gasteiger partial charge in [0, 0.05) is 5.56 Å². The van der Waals surface area contributed by atoms with E-state index >= 15 is 0 Å². The highest BCUT2D eigenvalue weighted by Gasteiger charge is 2.09. The molecule has 0 aliphatic rings. The molecule has 2 aromatic rings. The van der Waals surface area contributed by atoms with Gasteiger partial charge >= 0.3 is 0 Å². The maximum absolute atomic E-state index is 11.9. The van der Waals surface area contributed by atoms with Crippen molar-refractivity contribution in [1.82, 2.24) is 0 Å². The van der Waals surface area contributed by atoms with Gasteiger partial charge in [0.15, 0.2) is 5.78 Å². The molecule has 1 heterocycles. The van der Waals surface area contributed by atoms with Gasteiger partial charge in [0.05, 0.1) is 13.5 Å². The minimum atomic E-state index is 0.0435. The number of rotatable bonds is 4. The van der Waals surface area contributed by atoms with E-state index in [0.29, 0.717) is 17.7 Å². The second-order valence-corrected chi connectivity index (χ2v) is 3.84. The number of carbonyl (C=O) groups is 1. The number of methoxy groups -OCH3 is 1. The fourth-order valence-corrected chi connectivity index (χ4v) is 1.62. The highest BCUT2D eigenvalue weighted by molar-refractivity contribution is 5.97. The Kier molecular flexibility index (Phi) is 3.28. The lowest BCUT2D eigenvalue weighted by Crippen LogP contribution is -2.02. The Morgan fingerprint density at radius 1 is 1.18 bits per heavy atom. The van der Waals surface area contributed by atoms with Crippen LogP contribution in [0.2, 0.25) is 0 Å². The molecule has 2 rings (SSSR count). The van der Waals surface area contributed by atoms with Gasteiger partial charge in [-0.2, -0.15) is 0 Å². The van der Waals surface area contributed by atoms with Gasteiger partial charge in [0.2, 0.25) is 0 Å². The highest BCUT2D eigenvalue weighted by atomic mass is 16.5. The molecular formula is C14H14O3. The Hall–Kier alpha value is -2.03. The van der Waals surface area contributed by atoms with Crippen molar-refractivity contribution in [3.63, 3.8) is 0 Å². The fourth-order valence-electron chi connectivity index (χ4n) is 1.62. The second-order valence-electron chi connectivity index (χ2n) is 3.84. The predicted octanol–water partition coefficient (Wildman–Crippen LogP) is 3.02. The van der Waals surface area contributed by atoms with Crippen LogP contribution in [-0.4, -0.2) is 12.9 Å². The summed E-state index contributed by atoms with van der Waals surface area (Å²) in [6.07, 6.45) is 0.292. The molecule has 0 saturated heterocycles. The Labute approximate surface area is 100 Å². The lowest BCUT2D eigenvalue weighted by molar-refractivity contribution is 0.0987. The Morgan fingerprint density at radius 2 is 1.88 bits per heavy atom. The molecule has 0 atom stereocenters. The van der Waals surface area contributed by atoms with E-state index < -0.39 is 0 Å². The summed E-state index contributed by atoms with van der Waals surface area (Å²) in [6.45, 7) is 1.86. The molecule has 3 heteroatoms. The van der Waals surface area contributed by atoms with Gasteiger partial charge in [-0.15, -0.1) is 0 Å². The monoisotopic (exact) mass is 230 g/mol. The summed E-state index contributed by atoms with van der Waals surface area (Å²) in [6, 6.07) is 10.8. The van der Waals surface area contributed by atoms with Gasteiger partial charge in [-0.25, -0.2) is 0 Å². The molecule has 0 bridgehead atoms. The third-order valence-electron chi connectivity index (χ3n) is 2.54. The van der Waals surface area contributed by atoms with E-state index in [1.165, 1.54) is 0 Å². The van der Waals surface area contributed by atoms with E-state index in [0.717, 1.165) is 11.5 Å². The van der Waals surface area contributed by atoms with Crippen molar-refractivity contribution in [1.29, 1.82) is 0 Å². The Morgan fingerprint density at radius 3 is 2.41 bits per heavy atom. The van der Waals surface area contributed by atoms with Crippen molar-refractivity contribution < 1.29 is 13.9 Å². The SMILES string of the molecule is COc1ccc(C(=O)Cc2ccc(C)o2)cc1. The third kappa shape index (κ3) is 2.75. The molecule has 3 nitrogen and oxygen atoms in total. The smallest absolute Gasteiger partial charge is 0.170 e. The van der Waals surface area contributed by atoms with E-state index in [9.17, 15) is 4.79 Å². The number of hydrogen-bond acceptors (Lipinski definition) is 3. The van der Waals surface area contributed by atoms with Crippen LogP contribution < -0.4 is 4.74 Å². The lowest BCUT2D eigenvalue weighted by Gasteiger charge is -2.01. The number of aryl methyl sites for hydroxylation is 1. The molecule has 17 heavy (non-hydrogen) atoms. The zero-order valence-electron chi connectivity index (χ0n) is 9.90. The number of ether oxygens (including phenoxy) is 1. The minimum Gasteiger partial charge on any atom is -0.497 e. The standard InChI is InChI=1S/C14H14O3/c1-10-3-6-13(17-10)9-14(15)11-4-7-12(16-2)8-5-11/h3-8H,9H2,1-2H3. The molecule has 0 radical (unpaired) electrons. The molecule has 88 valence electrons. The van der Waals surface area contributed by atoms with Crippen LogP contribution in [0.25, 0.3) is 0 Å². The first kappa shape index (κ1) is 11.5. The lowest BCUT2D eigenvalue weighted by atomic mass is 10.1. The molecule has 0 fully saturated rings. The van der Waals surface area contributed by atoms with Crippen molar-refractivity contribution in [2.75, 3.05) is 7.11 Å². The normalized spacial score (nSPS) is 10.2. The zero-order valence-corrected chi connectivity index (χ0v) is 9.90. The number of benzene rings is 1. The highest BCUT2D eigenvalue weighted by Crippen LogP contribution is 2.14. The van der Waals surface area contributed by atoms with Gasteiger partial charge in [-0.3, -0.25) is 4.79 Å². The van der Waals surface area contributed by atoms with Crippen molar-refractivity contribution >= 4 is 5.78 Å². The first-order valence-electron chi connectivity index (χ1n) is 5.41. The first-order chi connectivity index (χ1) is 8.19. The van der Waals surface area contributed by atoms with E-state index in [1.54, 1.807) is 31.4 Å². The molecule has 0 N–H and O–H groups in total. The number of hydrogen-bond donors (Lipinski definition) is 0. The maximum Gasteiger partial charge on any atom is 0.170 e. The van der Waals surface area contributed by atoms with Crippen LogP contribution in [0.4, 0.5) is 0 Å². The molecule has 0 spiro atoms. The molecule has 0 amide bonds. The van der Waals surface area contributed by atoms with Crippen LogP contribution in [0.1, 0.15) is 21.9 Å². The summed E-state index contributed by atoms with van der Waals surface area (Å²) in [5.41, 5.74) is 0.667. The van der Waals surface area contributed by atoms with Crippen LogP contribution in [0.3, 0.4) is 0 Å². The van der Waals surface area contributed by atoms with Crippen LogP contribution in [0.5, 0.6) is 5.75 Å². The van der Waals surface area contributed by atoms with Gasteiger partial charge in [0.1, 0.15) is 17.3 Å². The Bertz CT molecular complexity index is 509. The molecule has 0 aliphatic heterocycles. The average Bonchev–Trinajstić information content (AvgIpc) is 2.75. The molecule has 0 aliphatic carbocycles. The fraction of sp³-hybridized carbons (Fsp3) is 0.214. The minimum absolute atomic E-state index is 0.0435. The molecular weight excluding hydrogens is 216 g/mol. The third-order valence-corrected chi connectivity index (χ3v) is 2.54. The van der Waals surface area contributed by atoms with Crippen LogP contribution in [0, 0.1) is 6.92 Å². The summed E-state index contributed by atoms with van der Waals surface area (Å²) in [5, 5.41) is 0. The zero-order chi connectivity index (χ0) is 12.3. The average molecular weight is 230 g/mol. The second kappa shape index (κ2) is 4.87. The summed E-state index contributed by atoms with van der Waals surface area (Å²) < 4.78 is 10.4. The van der Waals surface area contributed by atoms with Crippen LogP contribution in [-0.2, 0) is 6.42 Å². The van der Waals surface area contributed by atoms with Gasteiger partial charge < -0.3 is 9.15 Å². The first-order valence-corrected chi connectivity index (χ1v) is 5.41. The summed E-state index contributed by atoms with van der Waals surface area (Å²) in [7, 11) is 1.60. The Balaban J connectivity index is 2.09. The van der Waals surface area contributed by atoms with Crippen LogP contribution >= 0.6 is 0 Å². The maximum atomic E-state index is 11.9. The number of ketones is 1. The predicted molar refractivity (Wildman–Crippen MR) is 64.5 cm³/mol.